The molecule has 0 bridgehead atoms. The Kier molecular flexibility index (Phi) is 8.17. The Labute approximate surface area is 194 Å². The van der Waals surface area contributed by atoms with Crippen LogP contribution < -0.4 is 14.9 Å². The van der Waals surface area contributed by atoms with Gasteiger partial charge in [-0.15, -0.1) is 0 Å². The number of rotatable bonds is 8. The van der Waals surface area contributed by atoms with Crippen molar-refractivity contribution in [3.8, 4) is 11.5 Å². The highest BCUT2D eigenvalue weighted by Gasteiger charge is 2.09. The van der Waals surface area contributed by atoms with E-state index in [0.717, 1.165) is 21.3 Å². The Morgan fingerprint density at radius 3 is 2.32 bits per heavy atom. The largest absolute Gasteiger partial charge is 0.494 e. The molecule has 0 saturated carbocycles. The monoisotopic (exact) mass is 528 g/mol. The Morgan fingerprint density at radius 2 is 1.65 bits per heavy atom. The molecule has 3 aromatic rings. The fraction of sp³-hybridized carbons (Fsp3) is 0.125. The lowest BCUT2D eigenvalue weighted by molar-refractivity contribution is 0.0734. The SMILES string of the molecule is CCCOc1ccc(C(=O)Oc2ccc(/C=N\NC(=O)c3ccccc3I)cc2)cc1. The number of carbonyl (C=O) groups excluding carboxylic acids is 2. The molecule has 0 aliphatic rings. The van der Waals surface area contributed by atoms with Gasteiger partial charge in [0.2, 0.25) is 0 Å². The maximum atomic E-state index is 12.3. The first-order valence-electron chi connectivity index (χ1n) is 9.70. The minimum atomic E-state index is -0.451. The number of halogens is 1. The highest BCUT2D eigenvalue weighted by Crippen LogP contribution is 2.17. The standard InChI is InChI=1S/C24H21IN2O4/c1-2-15-30-19-13-9-18(10-14-19)24(29)31-20-11-7-17(8-12-20)16-26-27-23(28)21-5-3-4-6-22(21)25/h3-14,16H,2,15H2,1H3,(H,27,28)/b26-16-. The van der Waals surface area contributed by atoms with Crippen LogP contribution in [0.3, 0.4) is 0 Å². The molecular weight excluding hydrogens is 507 g/mol. The van der Waals surface area contributed by atoms with E-state index in [4.69, 9.17) is 9.47 Å². The Balaban J connectivity index is 1.53. The summed E-state index contributed by atoms with van der Waals surface area (Å²) in [7, 11) is 0. The summed E-state index contributed by atoms with van der Waals surface area (Å²) < 4.78 is 11.8. The third-order valence-corrected chi connectivity index (χ3v) is 5.09. The van der Waals surface area contributed by atoms with Gasteiger partial charge in [0, 0.05) is 3.57 Å². The fourth-order valence-electron chi connectivity index (χ4n) is 2.57. The smallest absolute Gasteiger partial charge is 0.343 e. The van der Waals surface area contributed by atoms with Crippen LogP contribution in [0.1, 0.15) is 39.6 Å². The van der Waals surface area contributed by atoms with E-state index in [1.165, 1.54) is 6.21 Å². The normalized spacial score (nSPS) is 10.6. The number of nitrogens with zero attached hydrogens (tertiary/aromatic N) is 1. The van der Waals surface area contributed by atoms with Crippen LogP contribution in [0.2, 0.25) is 0 Å². The third-order valence-electron chi connectivity index (χ3n) is 4.15. The highest BCUT2D eigenvalue weighted by molar-refractivity contribution is 14.1. The molecule has 0 unspecified atom stereocenters. The number of nitrogens with one attached hydrogen (secondary N) is 1. The first kappa shape index (κ1) is 22.5. The molecule has 1 N–H and O–H groups in total. The molecule has 6 nitrogen and oxygen atoms in total. The van der Waals surface area contributed by atoms with Crippen LogP contribution in [0.25, 0.3) is 0 Å². The van der Waals surface area contributed by atoms with E-state index in [9.17, 15) is 9.59 Å². The number of amides is 1. The second-order valence-electron chi connectivity index (χ2n) is 6.51. The molecule has 0 aliphatic carbocycles. The van der Waals surface area contributed by atoms with E-state index in [1.54, 1.807) is 60.7 Å². The van der Waals surface area contributed by atoms with Gasteiger partial charge in [-0.05, 0) is 95.2 Å². The molecule has 0 atom stereocenters. The third kappa shape index (κ3) is 6.65. The van der Waals surface area contributed by atoms with Gasteiger partial charge in [-0.1, -0.05) is 19.1 Å². The van der Waals surface area contributed by atoms with Crippen molar-refractivity contribution in [3.63, 3.8) is 0 Å². The molecule has 158 valence electrons. The maximum Gasteiger partial charge on any atom is 0.343 e. The summed E-state index contributed by atoms with van der Waals surface area (Å²) in [6.45, 7) is 2.67. The van der Waals surface area contributed by atoms with Gasteiger partial charge in [0.15, 0.2) is 0 Å². The summed E-state index contributed by atoms with van der Waals surface area (Å²) in [5, 5.41) is 3.98. The first-order valence-corrected chi connectivity index (χ1v) is 10.8. The Hall–Kier alpha value is -3.20. The van der Waals surface area contributed by atoms with Crippen LogP contribution in [-0.2, 0) is 0 Å². The second-order valence-corrected chi connectivity index (χ2v) is 7.67. The van der Waals surface area contributed by atoms with Gasteiger partial charge < -0.3 is 9.47 Å². The van der Waals surface area contributed by atoms with Crippen molar-refractivity contribution in [2.24, 2.45) is 5.10 Å². The zero-order valence-electron chi connectivity index (χ0n) is 16.9. The quantitative estimate of drug-likeness (QED) is 0.146. The maximum absolute atomic E-state index is 12.3. The van der Waals surface area contributed by atoms with Gasteiger partial charge in [-0.2, -0.15) is 5.10 Å². The molecule has 7 heteroatoms. The van der Waals surface area contributed by atoms with Crippen LogP contribution in [-0.4, -0.2) is 24.7 Å². The summed E-state index contributed by atoms with van der Waals surface area (Å²) in [5.41, 5.74) is 4.25. The van der Waals surface area contributed by atoms with Gasteiger partial charge in [0.05, 0.1) is 23.9 Å². The van der Waals surface area contributed by atoms with Crippen molar-refractivity contribution in [1.82, 2.24) is 5.43 Å². The number of carbonyl (C=O) groups is 2. The minimum Gasteiger partial charge on any atom is -0.494 e. The Bertz CT molecular complexity index is 1060. The number of hydrogen-bond donors (Lipinski definition) is 1. The first-order chi connectivity index (χ1) is 15.1. The van der Waals surface area contributed by atoms with Crippen LogP contribution in [0.4, 0.5) is 0 Å². The number of ether oxygens (including phenoxy) is 2. The molecule has 0 radical (unpaired) electrons. The van der Waals surface area contributed by atoms with Crippen molar-refractivity contribution in [2.75, 3.05) is 6.61 Å². The zero-order valence-corrected chi connectivity index (χ0v) is 19.0. The molecule has 0 aromatic heterocycles. The van der Waals surface area contributed by atoms with E-state index in [-0.39, 0.29) is 5.91 Å². The molecule has 3 rings (SSSR count). The Morgan fingerprint density at radius 1 is 0.968 bits per heavy atom. The van der Waals surface area contributed by atoms with E-state index in [1.807, 2.05) is 19.1 Å². The summed E-state index contributed by atoms with van der Waals surface area (Å²) in [6.07, 6.45) is 2.44. The molecule has 31 heavy (non-hydrogen) atoms. The van der Waals surface area contributed by atoms with Crippen LogP contribution in [0.15, 0.2) is 77.9 Å². The zero-order chi connectivity index (χ0) is 22.1. The molecule has 0 saturated heterocycles. The molecule has 0 aliphatic heterocycles. The highest BCUT2D eigenvalue weighted by atomic mass is 127. The number of hydrogen-bond acceptors (Lipinski definition) is 5. The van der Waals surface area contributed by atoms with Crippen molar-refractivity contribution in [1.29, 1.82) is 0 Å². The fourth-order valence-corrected chi connectivity index (χ4v) is 3.20. The van der Waals surface area contributed by atoms with Gasteiger partial charge in [0.1, 0.15) is 11.5 Å². The van der Waals surface area contributed by atoms with Crippen LogP contribution >= 0.6 is 22.6 Å². The summed E-state index contributed by atoms with van der Waals surface area (Å²) in [5.74, 6) is 0.401. The van der Waals surface area contributed by atoms with Gasteiger partial charge in [0.25, 0.3) is 5.91 Å². The molecule has 3 aromatic carbocycles. The van der Waals surface area contributed by atoms with Crippen molar-refractivity contribution in [2.45, 2.75) is 13.3 Å². The molecule has 0 heterocycles. The predicted molar refractivity (Wildman–Crippen MR) is 128 cm³/mol. The average Bonchev–Trinajstić information content (AvgIpc) is 2.79. The summed E-state index contributed by atoms with van der Waals surface area (Å²) >= 11 is 2.10. The summed E-state index contributed by atoms with van der Waals surface area (Å²) in [6, 6.07) is 20.9. The number of benzene rings is 3. The van der Waals surface area contributed by atoms with Gasteiger partial charge >= 0.3 is 5.97 Å². The molecule has 1 amide bonds. The molecule has 0 fully saturated rings. The van der Waals surface area contributed by atoms with Crippen molar-refractivity contribution >= 4 is 40.7 Å². The van der Waals surface area contributed by atoms with Crippen molar-refractivity contribution < 1.29 is 19.1 Å². The predicted octanol–water partition coefficient (Wildman–Crippen LogP) is 5.06. The summed E-state index contributed by atoms with van der Waals surface area (Å²) in [4.78, 5) is 24.4. The number of esters is 1. The average molecular weight is 528 g/mol. The van der Waals surface area contributed by atoms with Crippen LogP contribution in [0, 0.1) is 3.57 Å². The molecule has 0 spiro atoms. The van der Waals surface area contributed by atoms with E-state index < -0.39 is 5.97 Å². The lowest BCUT2D eigenvalue weighted by Gasteiger charge is -2.07. The van der Waals surface area contributed by atoms with E-state index in [0.29, 0.717) is 23.5 Å². The van der Waals surface area contributed by atoms with E-state index >= 15 is 0 Å². The van der Waals surface area contributed by atoms with Gasteiger partial charge in [-0.25, -0.2) is 10.2 Å². The lowest BCUT2D eigenvalue weighted by atomic mass is 10.2. The molecular formula is C24H21IN2O4. The topological polar surface area (TPSA) is 77.0 Å². The lowest BCUT2D eigenvalue weighted by Crippen LogP contribution is -2.18. The van der Waals surface area contributed by atoms with E-state index in [2.05, 4.69) is 33.1 Å². The van der Waals surface area contributed by atoms with Gasteiger partial charge in [-0.3, -0.25) is 4.79 Å². The van der Waals surface area contributed by atoms with Crippen molar-refractivity contribution in [3.05, 3.63) is 93.1 Å². The number of hydrazone groups is 1. The minimum absolute atomic E-state index is 0.280. The second kappa shape index (κ2) is 11.3. The van der Waals surface area contributed by atoms with Crippen LogP contribution in [0.5, 0.6) is 11.5 Å².